The molecule has 0 unspecified atom stereocenters. The van der Waals surface area contributed by atoms with E-state index in [1.165, 1.54) is 0 Å². The SMILES string of the molecule is CC(=O)N1CCc2nc(N3CC=CC3)c(-c3cnn(C)c3)nc2C1. The van der Waals surface area contributed by atoms with Crippen molar-refractivity contribution < 1.29 is 4.79 Å². The van der Waals surface area contributed by atoms with Crippen LogP contribution in [0.1, 0.15) is 18.3 Å². The molecule has 0 aromatic carbocycles. The highest BCUT2D eigenvalue weighted by Gasteiger charge is 2.25. The fourth-order valence-corrected chi connectivity index (χ4v) is 3.20. The van der Waals surface area contributed by atoms with Crippen LogP contribution in [0.2, 0.25) is 0 Å². The van der Waals surface area contributed by atoms with Crippen molar-refractivity contribution in [3.05, 3.63) is 35.9 Å². The molecule has 0 fully saturated rings. The van der Waals surface area contributed by atoms with E-state index in [2.05, 4.69) is 22.2 Å². The van der Waals surface area contributed by atoms with E-state index in [1.54, 1.807) is 11.6 Å². The van der Waals surface area contributed by atoms with Gasteiger partial charge in [-0.05, 0) is 0 Å². The average Bonchev–Trinajstić information content (AvgIpc) is 3.24. The summed E-state index contributed by atoms with van der Waals surface area (Å²) >= 11 is 0. The number of rotatable bonds is 2. The number of carbonyl (C=O) groups is 1. The van der Waals surface area contributed by atoms with Crippen molar-refractivity contribution in [2.24, 2.45) is 7.05 Å². The molecule has 0 saturated carbocycles. The fourth-order valence-electron chi connectivity index (χ4n) is 3.20. The van der Waals surface area contributed by atoms with Gasteiger partial charge in [0.05, 0.1) is 24.1 Å². The lowest BCUT2D eigenvalue weighted by atomic mass is 10.1. The number of hydrogen-bond acceptors (Lipinski definition) is 5. The number of aromatic nitrogens is 4. The van der Waals surface area contributed by atoms with Gasteiger partial charge in [-0.3, -0.25) is 9.48 Å². The molecule has 4 heterocycles. The van der Waals surface area contributed by atoms with Gasteiger partial charge in [0.2, 0.25) is 5.91 Å². The van der Waals surface area contributed by atoms with Gasteiger partial charge in [-0.15, -0.1) is 0 Å². The molecule has 0 atom stereocenters. The van der Waals surface area contributed by atoms with Crippen LogP contribution in [-0.2, 0) is 24.8 Å². The van der Waals surface area contributed by atoms with Crippen molar-refractivity contribution in [2.75, 3.05) is 24.5 Å². The molecule has 2 aromatic heterocycles. The highest BCUT2D eigenvalue weighted by atomic mass is 16.2. The third kappa shape index (κ3) is 2.55. The minimum absolute atomic E-state index is 0.0817. The normalized spacial score (nSPS) is 16.6. The van der Waals surface area contributed by atoms with Crippen LogP contribution in [0.5, 0.6) is 0 Å². The zero-order valence-corrected chi connectivity index (χ0v) is 13.9. The lowest BCUT2D eigenvalue weighted by Crippen LogP contribution is -2.36. The maximum atomic E-state index is 11.7. The molecule has 0 aliphatic carbocycles. The molecule has 2 aromatic rings. The predicted molar refractivity (Wildman–Crippen MR) is 90.4 cm³/mol. The number of hydrogen-bond donors (Lipinski definition) is 0. The Balaban J connectivity index is 1.80. The Morgan fingerprint density at radius 1 is 1.17 bits per heavy atom. The van der Waals surface area contributed by atoms with E-state index in [0.29, 0.717) is 13.1 Å². The summed E-state index contributed by atoms with van der Waals surface area (Å²) in [7, 11) is 1.89. The molecule has 0 bridgehead atoms. The van der Waals surface area contributed by atoms with Crippen LogP contribution in [0.25, 0.3) is 11.3 Å². The van der Waals surface area contributed by atoms with Gasteiger partial charge < -0.3 is 9.80 Å². The summed E-state index contributed by atoms with van der Waals surface area (Å²) in [6, 6.07) is 0. The monoisotopic (exact) mass is 324 g/mol. The molecule has 24 heavy (non-hydrogen) atoms. The Morgan fingerprint density at radius 3 is 2.62 bits per heavy atom. The Hall–Kier alpha value is -2.70. The molecule has 0 spiro atoms. The van der Waals surface area contributed by atoms with Gasteiger partial charge in [0.1, 0.15) is 5.69 Å². The molecule has 7 heteroatoms. The van der Waals surface area contributed by atoms with Crippen molar-refractivity contribution in [2.45, 2.75) is 19.9 Å². The number of nitrogens with zero attached hydrogens (tertiary/aromatic N) is 6. The quantitative estimate of drug-likeness (QED) is 0.776. The zero-order chi connectivity index (χ0) is 16.7. The number of fused-ring (bicyclic) bond motifs is 1. The second kappa shape index (κ2) is 5.74. The lowest BCUT2D eigenvalue weighted by molar-refractivity contribution is -0.129. The van der Waals surface area contributed by atoms with Crippen LogP contribution >= 0.6 is 0 Å². The minimum Gasteiger partial charge on any atom is -0.347 e. The summed E-state index contributed by atoms with van der Waals surface area (Å²) in [5.41, 5.74) is 3.69. The first kappa shape index (κ1) is 14.9. The van der Waals surface area contributed by atoms with Gasteiger partial charge in [-0.25, -0.2) is 9.97 Å². The third-order valence-electron chi connectivity index (χ3n) is 4.53. The summed E-state index contributed by atoms with van der Waals surface area (Å²) < 4.78 is 1.77. The highest BCUT2D eigenvalue weighted by molar-refractivity contribution is 5.74. The molecule has 4 rings (SSSR count). The average molecular weight is 324 g/mol. The summed E-state index contributed by atoms with van der Waals surface area (Å²) in [6.45, 7) is 4.54. The predicted octanol–water partition coefficient (Wildman–Crippen LogP) is 1.16. The molecule has 0 radical (unpaired) electrons. The minimum atomic E-state index is 0.0817. The van der Waals surface area contributed by atoms with Crippen molar-refractivity contribution in [1.29, 1.82) is 0 Å². The van der Waals surface area contributed by atoms with E-state index in [0.717, 1.165) is 48.0 Å². The van der Waals surface area contributed by atoms with E-state index in [9.17, 15) is 4.79 Å². The molecular formula is C17H20N6O. The maximum Gasteiger partial charge on any atom is 0.219 e. The number of anilines is 1. The zero-order valence-electron chi connectivity index (χ0n) is 13.9. The number of aryl methyl sites for hydroxylation is 1. The van der Waals surface area contributed by atoms with Gasteiger partial charge in [-0.1, -0.05) is 12.2 Å². The van der Waals surface area contributed by atoms with Crippen LogP contribution in [0.3, 0.4) is 0 Å². The van der Waals surface area contributed by atoms with Gasteiger partial charge >= 0.3 is 0 Å². The molecule has 2 aliphatic rings. The third-order valence-corrected chi connectivity index (χ3v) is 4.53. The first-order chi connectivity index (χ1) is 11.6. The van der Waals surface area contributed by atoms with Crippen LogP contribution in [-0.4, -0.2) is 50.2 Å². The summed E-state index contributed by atoms with van der Waals surface area (Å²) in [6.07, 6.45) is 8.81. The standard InChI is InChI=1S/C17H20N6O/c1-12(24)23-8-5-14-15(11-23)19-16(13-9-18-21(2)10-13)17(20-14)22-6-3-4-7-22/h3-4,9-10H,5-8,11H2,1-2H3. The van der Waals surface area contributed by atoms with Crippen molar-refractivity contribution in [1.82, 2.24) is 24.6 Å². The molecule has 0 N–H and O–H groups in total. The van der Waals surface area contributed by atoms with Gasteiger partial charge in [-0.2, -0.15) is 5.10 Å². The highest BCUT2D eigenvalue weighted by Crippen LogP contribution is 2.31. The first-order valence-electron chi connectivity index (χ1n) is 8.16. The maximum absolute atomic E-state index is 11.7. The Bertz CT molecular complexity index is 816. The second-order valence-corrected chi connectivity index (χ2v) is 6.26. The molecule has 2 aliphatic heterocycles. The molecule has 124 valence electrons. The second-order valence-electron chi connectivity index (χ2n) is 6.26. The summed E-state index contributed by atoms with van der Waals surface area (Å²) in [5.74, 6) is 0.987. The molecular weight excluding hydrogens is 304 g/mol. The van der Waals surface area contributed by atoms with Crippen molar-refractivity contribution >= 4 is 11.7 Å². The Kier molecular flexibility index (Phi) is 3.55. The largest absolute Gasteiger partial charge is 0.347 e. The van der Waals surface area contributed by atoms with Crippen molar-refractivity contribution in [3.8, 4) is 11.3 Å². The Morgan fingerprint density at radius 2 is 1.96 bits per heavy atom. The smallest absolute Gasteiger partial charge is 0.219 e. The first-order valence-corrected chi connectivity index (χ1v) is 8.16. The van der Waals surface area contributed by atoms with E-state index in [-0.39, 0.29) is 5.91 Å². The Labute approximate surface area is 140 Å². The van der Waals surface area contributed by atoms with Crippen LogP contribution in [0, 0.1) is 0 Å². The van der Waals surface area contributed by atoms with E-state index < -0.39 is 0 Å². The molecule has 1 amide bonds. The molecule has 7 nitrogen and oxygen atoms in total. The fraction of sp³-hybridized carbons (Fsp3) is 0.412. The van der Waals surface area contributed by atoms with E-state index in [4.69, 9.17) is 9.97 Å². The summed E-state index contributed by atoms with van der Waals surface area (Å²) in [4.78, 5) is 25.5. The van der Waals surface area contributed by atoms with Gasteiger partial charge in [0, 0.05) is 51.8 Å². The summed E-state index contributed by atoms with van der Waals surface area (Å²) in [5, 5.41) is 4.27. The number of carbonyl (C=O) groups excluding carboxylic acids is 1. The molecule has 0 saturated heterocycles. The van der Waals surface area contributed by atoms with Crippen LogP contribution < -0.4 is 4.90 Å². The van der Waals surface area contributed by atoms with Crippen molar-refractivity contribution in [3.63, 3.8) is 0 Å². The van der Waals surface area contributed by atoms with Crippen LogP contribution in [0.15, 0.2) is 24.5 Å². The van der Waals surface area contributed by atoms with Gasteiger partial charge in [0.15, 0.2) is 5.82 Å². The van der Waals surface area contributed by atoms with E-state index in [1.807, 2.05) is 24.3 Å². The number of amides is 1. The topological polar surface area (TPSA) is 67.2 Å². The van der Waals surface area contributed by atoms with E-state index >= 15 is 0 Å². The van der Waals surface area contributed by atoms with Crippen LogP contribution in [0.4, 0.5) is 5.82 Å². The van der Waals surface area contributed by atoms with Gasteiger partial charge in [0.25, 0.3) is 0 Å². The lowest BCUT2D eigenvalue weighted by Gasteiger charge is -2.29.